The van der Waals surface area contributed by atoms with E-state index in [-0.39, 0.29) is 17.4 Å². The van der Waals surface area contributed by atoms with Crippen molar-refractivity contribution in [2.75, 3.05) is 11.5 Å². The molecule has 1 saturated heterocycles. The molecule has 2 fully saturated rings. The molecule has 4 aromatic rings. The van der Waals surface area contributed by atoms with Gasteiger partial charge in [0.25, 0.3) is 5.91 Å². The number of carbonyl (C=O) groups excluding carboxylic acids is 1. The first-order chi connectivity index (χ1) is 16.9. The van der Waals surface area contributed by atoms with Crippen molar-refractivity contribution in [3.8, 4) is 17.1 Å². The summed E-state index contributed by atoms with van der Waals surface area (Å²) in [5.41, 5.74) is 4.05. The van der Waals surface area contributed by atoms with Crippen LogP contribution in [0.15, 0.2) is 60.8 Å². The van der Waals surface area contributed by atoms with Gasteiger partial charge in [-0.1, -0.05) is 18.2 Å². The number of hydrogen-bond donors (Lipinski definition) is 1. The quantitative estimate of drug-likeness (QED) is 0.456. The minimum Gasteiger partial charge on any atom is -0.348 e. The Morgan fingerprint density at radius 3 is 2.63 bits per heavy atom. The van der Waals surface area contributed by atoms with E-state index in [1.54, 1.807) is 22.9 Å². The van der Waals surface area contributed by atoms with Crippen molar-refractivity contribution < 1.29 is 17.6 Å². The van der Waals surface area contributed by atoms with Crippen LogP contribution < -0.4 is 5.32 Å². The monoisotopic (exact) mass is 490 g/mol. The van der Waals surface area contributed by atoms with E-state index in [0.29, 0.717) is 29.2 Å². The molecule has 9 heteroatoms. The van der Waals surface area contributed by atoms with Crippen molar-refractivity contribution in [2.45, 2.75) is 31.2 Å². The number of fused-ring (bicyclic) bond motifs is 1. The Bertz CT molecular complexity index is 1560. The molecule has 6 rings (SSSR count). The molecule has 1 unspecified atom stereocenters. The highest BCUT2D eigenvalue weighted by atomic mass is 32.2. The van der Waals surface area contributed by atoms with Crippen LogP contribution in [0, 0.1) is 5.82 Å². The second-order valence-electron chi connectivity index (χ2n) is 9.30. The number of pyridine rings is 1. The maximum Gasteiger partial charge on any atom is 0.251 e. The Morgan fingerprint density at radius 2 is 1.91 bits per heavy atom. The van der Waals surface area contributed by atoms with Gasteiger partial charge in [0.15, 0.2) is 15.7 Å². The van der Waals surface area contributed by atoms with Gasteiger partial charge < -0.3 is 5.32 Å². The van der Waals surface area contributed by atoms with E-state index < -0.39 is 21.7 Å². The van der Waals surface area contributed by atoms with Crippen LogP contribution in [0.25, 0.3) is 28.0 Å². The topological polar surface area (TPSA) is 94.0 Å². The average Bonchev–Trinajstić information content (AvgIpc) is 3.55. The standard InChI is InChI=1S/C26H23FN4O3S/c27-20-7-9-24(28-14-20)31-23-13-19(26(32)29-21-10-11-35(33,34)15-21)6-8-22(23)25(30-31)18-3-1-2-17(12-18)16-4-5-16/h1-3,6-9,12-14,16,21H,4-5,10-11,15H2,(H,29,32). The summed E-state index contributed by atoms with van der Waals surface area (Å²) in [6.07, 6.45) is 3.93. The third kappa shape index (κ3) is 4.32. The lowest BCUT2D eigenvalue weighted by molar-refractivity contribution is 0.0941. The Kier molecular flexibility index (Phi) is 5.17. The fourth-order valence-electron chi connectivity index (χ4n) is 4.67. The van der Waals surface area contributed by atoms with E-state index in [9.17, 15) is 17.6 Å². The zero-order valence-electron chi connectivity index (χ0n) is 18.8. The lowest BCUT2D eigenvalue weighted by Crippen LogP contribution is -2.35. The number of sulfone groups is 1. The molecule has 1 aliphatic carbocycles. The number of aromatic nitrogens is 3. The zero-order chi connectivity index (χ0) is 24.2. The Hall–Kier alpha value is -3.59. The van der Waals surface area contributed by atoms with Gasteiger partial charge in [0.1, 0.15) is 11.5 Å². The van der Waals surface area contributed by atoms with Crippen LogP contribution in [0.2, 0.25) is 0 Å². The lowest BCUT2D eigenvalue weighted by atomic mass is 10.0. The highest BCUT2D eigenvalue weighted by Gasteiger charge is 2.29. The van der Waals surface area contributed by atoms with Gasteiger partial charge in [0.05, 0.1) is 23.2 Å². The molecule has 1 atom stereocenters. The first-order valence-corrected chi connectivity index (χ1v) is 13.4. The summed E-state index contributed by atoms with van der Waals surface area (Å²) in [6, 6.07) is 16.1. The summed E-state index contributed by atoms with van der Waals surface area (Å²) in [5, 5.41) is 8.50. The van der Waals surface area contributed by atoms with Crippen molar-refractivity contribution >= 4 is 26.6 Å². The highest BCUT2D eigenvalue weighted by Crippen LogP contribution is 2.41. The summed E-state index contributed by atoms with van der Waals surface area (Å²) < 4.78 is 38.7. The number of amides is 1. The lowest BCUT2D eigenvalue weighted by Gasteiger charge is -2.11. The fraction of sp³-hybridized carbons (Fsp3) is 0.269. The third-order valence-corrected chi connectivity index (χ3v) is 8.42. The summed E-state index contributed by atoms with van der Waals surface area (Å²) in [4.78, 5) is 17.1. The normalized spacial score (nSPS) is 19.2. The van der Waals surface area contributed by atoms with E-state index >= 15 is 0 Å². The summed E-state index contributed by atoms with van der Waals surface area (Å²) in [6.45, 7) is 0. The van der Waals surface area contributed by atoms with Gasteiger partial charge in [0.2, 0.25) is 0 Å². The molecule has 1 amide bonds. The average molecular weight is 491 g/mol. The molecule has 2 aromatic heterocycles. The number of nitrogens with zero attached hydrogens (tertiary/aromatic N) is 3. The zero-order valence-corrected chi connectivity index (χ0v) is 19.6. The molecule has 0 bridgehead atoms. The molecule has 0 spiro atoms. The molecule has 35 heavy (non-hydrogen) atoms. The number of hydrogen-bond acceptors (Lipinski definition) is 5. The van der Waals surface area contributed by atoms with Gasteiger partial charge in [-0.25, -0.2) is 22.5 Å². The van der Waals surface area contributed by atoms with Crippen LogP contribution in [0.4, 0.5) is 4.39 Å². The smallest absolute Gasteiger partial charge is 0.251 e. The van der Waals surface area contributed by atoms with Crippen LogP contribution in [-0.4, -0.2) is 46.6 Å². The van der Waals surface area contributed by atoms with Crippen molar-refractivity contribution in [2.24, 2.45) is 0 Å². The minimum absolute atomic E-state index is 0.0418. The molecule has 2 aliphatic rings. The van der Waals surface area contributed by atoms with E-state index in [1.165, 1.54) is 24.5 Å². The maximum absolute atomic E-state index is 13.5. The fourth-order valence-corrected chi connectivity index (χ4v) is 6.34. The van der Waals surface area contributed by atoms with Gasteiger partial charge in [-0.3, -0.25) is 4.79 Å². The molecule has 3 heterocycles. The van der Waals surface area contributed by atoms with Crippen molar-refractivity contribution in [3.05, 3.63) is 77.7 Å². The second-order valence-corrected chi connectivity index (χ2v) is 11.5. The molecule has 7 nitrogen and oxygen atoms in total. The molecule has 178 valence electrons. The van der Waals surface area contributed by atoms with Gasteiger partial charge in [-0.2, -0.15) is 5.10 Å². The van der Waals surface area contributed by atoms with Crippen LogP contribution in [0.5, 0.6) is 0 Å². The first kappa shape index (κ1) is 21.9. The van der Waals surface area contributed by atoms with Gasteiger partial charge in [0, 0.05) is 22.6 Å². The number of benzene rings is 2. The Morgan fingerprint density at radius 1 is 1.06 bits per heavy atom. The van der Waals surface area contributed by atoms with Crippen LogP contribution in [0.1, 0.15) is 41.1 Å². The molecule has 0 radical (unpaired) electrons. The van der Waals surface area contributed by atoms with E-state index in [2.05, 4.69) is 22.4 Å². The number of halogens is 1. The molecular weight excluding hydrogens is 467 g/mol. The molecular formula is C26H23FN4O3S. The Labute approximate surface area is 201 Å². The largest absolute Gasteiger partial charge is 0.348 e. The van der Waals surface area contributed by atoms with Crippen LogP contribution >= 0.6 is 0 Å². The van der Waals surface area contributed by atoms with E-state index in [1.807, 2.05) is 18.2 Å². The molecule has 2 aromatic carbocycles. The number of carbonyl (C=O) groups is 1. The third-order valence-electron chi connectivity index (χ3n) is 6.65. The highest BCUT2D eigenvalue weighted by molar-refractivity contribution is 7.91. The predicted octanol–water partition coefficient (Wildman–Crippen LogP) is 4.02. The Balaban J connectivity index is 1.43. The van der Waals surface area contributed by atoms with E-state index in [0.717, 1.165) is 22.8 Å². The second kappa shape index (κ2) is 8.27. The summed E-state index contributed by atoms with van der Waals surface area (Å²) >= 11 is 0. The van der Waals surface area contributed by atoms with E-state index in [4.69, 9.17) is 5.10 Å². The number of rotatable bonds is 5. The van der Waals surface area contributed by atoms with Crippen molar-refractivity contribution in [1.29, 1.82) is 0 Å². The van der Waals surface area contributed by atoms with Crippen LogP contribution in [0.3, 0.4) is 0 Å². The molecule has 1 saturated carbocycles. The minimum atomic E-state index is -3.10. The first-order valence-electron chi connectivity index (χ1n) is 11.6. The molecule has 1 aliphatic heterocycles. The summed E-state index contributed by atoms with van der Waals surface area (Å²) in [7, 11) is -3.10. The van der Waals surface area contributed by atoms with Gasteiger partial charge in [-0.15, -0.1) is 0 Å². The predicted molar refractivity (Wildman–Crippen MR) is 131 cm³/mol. The van der Waals surface area contributed by atoms with Crippen molar-refractivity contribution in [1.82, 2.24) is 20.1 Å². The van der Waals surface area contributed by atoms with Gasteiger partial charge >= 0.3 is 0 Å². The SMILES string of the molecule is O=C(NC1CCS(=O)(=O)C1)c1ccc2c(-c3cccc(C4CC4)c3)nn(-c3ccc(F)cn3)c2c1. The summed E-state index contributed by atoms with van der Waals surface area (Å²) in [5.74, 6) is 0.279. The number of nitrogens with one attached hydrogen (secondary N) is 1. The van der Waals surface area contributed by atoms with Crippen molar-refractivity contribution in [3.63, 3.8) is 0 Å². The molecule has 1 N–H and O–H groups in total. The van der Waals surface area contributed by atoms with Gasteiger partial charge in [-0.05, 0) is 67.1 Å². The maximum atomic E-state index is 13.5. The van der Waals surface area contributed by atoms with Crippen LogP contribution in [-0.2, 0) is 9.84 Å².